The van der Waals surface area contributed by atoms with Crippen LogP contribution in [0.3, 0.4) is 0 Å². The Labute approximate surface area is 170 Å². The van der Waals surface area contributed by atoms with Crippen molar-refractivity contribution >= 4 is 5.91 Å². The van der Waals surface area contributed by atoms with Crippen molar-refractivity contribution in [3.8, 4) is 11.5 Å². The number of nitrogens with one attached hydrogen (secondary N) is 1. The molecule has 1 amide bonds. The molecule has 1 fully saturated rings. The summed E-state index contributed by atoms with van der Waals surface area (Å²) in [5.41, 5.74) is 0. The van der Waals surface area contributed by atoms with E-state index in [4.69, 9.17) is 9.47 Å². The summed E-state index contributed by atoms with van der Waals surface area (Å²) < 4.78 is 13.2. The first kappa shape index (κ1) is 19.6. The van der Waals surface area contributed by atoms with Crippen LogP contribution in [0.4, 0.5) is 0 Å². The van der Waals surface area contributed by atoms with Gasteiger partial charge in [-0.3, -0.25) is 9.69 Å². The minimum absolute atomic E-state index is 0.0724. The number of nitrogens with zero attached hydrogens (tertiary/aromatic N) is 5. The van der Waals surface area contributed by atoms with Crippen molar-refractivity contribution in [3.63, 3.8) is 0 Å². The van der Waals surface area contributed by atoms with Crippen LogP contribution < -0.4 is 14.8 Å². The zero-order valence-electron chi connectivity index (χ0n) is 16.6. The van der Waals surface area contributed by atoms with E-state index in [1.54, 1.807) is 4.68 Å². The maximum absolute atomic E-state index is 12.3. The second-order valence-corrected chi connectivity index (χ2v) is 7.58. The Hall–Kier alpha value is -2.68. The molecule has 2 aliphatic rings. The van der Waals surface area contributed by atoms with E-state index in [0.29, 0.717) is 26.1 Å². The van der Waals surface area contributed by atoms with E-state index in [1.807, 2.05) is 24.3 Å². The quantitative estimate of drug-likeness (QED) is 0.751. The van der Waals surface area contributed by atoms with Gasteiger partial charge in [0, 0.05) is 13.0 Å². The molecule has 3 heterocycles. The average molecular weight is 400 g/mol. The molecule has 1 atom stereocenters. The summed E-state index contributed by atoms with van der Waals surface area (Å²) in [6, 6.07) is 7.62. The number of hydrogen-bond donors (Lipinski definition) is 1. The maximum Gasteiger partial charge on any atom is 0.241 e. The largest absolute Gasteiger partial charge is 0.486 e. The highest BCUT2D eigenvalue weighted by atomic mass is 16.6. The topological polar surface area (TPSA) is 94.4 Å². The summed E-state index contributed by atoms with van der Waals surface area (Å²) in [5, 5.41) is 14.8. The first-order valence-electron chi connectivity index (χ1n) is 10.4. The number of carbonyl (C=O) groups is 1. The van der Waals surface area contributed by atoms with Crippen molar-refractivity contribution < 1.29 is 14.3 Å². The van der Waals surface area contributed by atoms with Crippen molar-refractivity contribution in [3.05, 3.63) is 30.1 Å². The highest BCUT2D eigenvalue weighted by Gasteiger charge is 2.21. The van der Waals surface area contributed by atoms with Gasteiger partial charge in [-0.25, -0.2) is 4.68 Å². The van der Waals surface area contributed by atoms with E-state index in [2.05, 4.69) is 25.7 Å². The number of aromatic nitrogens is 4. The molecule has 1 N–H and O–H groups in total. The van der Waals surface area contributed by atoms with E-state index in [1.165, 1.54) is 25.7 Å². The predicted molar refractivity (Wildman–Crippen MR) is 106 cm³/mol. The summed E-state index contributed by atoms with van der Waals surface area (Å²) in [6.07, 6.45) is 5.59. The number of ether oxygens (including phenoxy) is 2. The minimum atomic E-state index is -0.105. The lowest BCUT2D eigenvalue weighted by atomic mass is 10.2. The Morgan fingerprint density at radius 2 is 1.93 bits per heavy atom. The average Bonchev–Trinajstić information content (AvgIpc) is 2.99. The Balaban J connectivity index is 1.21. The van der Waals surface area contributed by atoms with Crippen LogP contribution in [0.15, 0.2) is 24.3 Å². The molecule has 0 spiro atoms. The van der Waals surface area contributed by atoms with Crippen molar-refractivity contribution in [2.75, 3.05) is 26.2 Å². The number of benzene rings is 1. The zero-order chi connectivity index (χ0) is 19.9. The molecule has 0 aliphatic carbocycles. The van der Waals surface area contributed by atoms with Crippen LogP contribution in [0.25, 0.3) is 0 Å². The number of hydrogen-bond acceptors (Lipinski definition) is 7. The molecule has 2 aliphatic heterocycles. The molecule has 1 aromatic carbocycles. The van der Waals surface area contributed by atoms with Gasteiger partial charge in [-0.2, -0.15) is 0 Å². The van der Waals surface area contributed by atoms with Gasteiger partial charge in [0.2, 0.25) is 5.91 Å². The maximum atomic E-state index is 12.3. The van der Waals surface area contributed by atoms with Crippen LogP contribution in [-0.4, -0.2) is 63.4 Å². The molecule has 2 aromatic rings. The van der Waals surface area contributed by atoms with Crippen LogP contribution in [0.5, 0.6) is 11.5 Å². The SMILES string of the molecule is O=C(Cn1nnnc1CN1CCCCCC1)NCCC1COc2ccccc2O1. The van der Waals surface area contributed by atoms with Gasteiger partial charge >= 0.3 is 0 Å². The third kappa shape index (κ3) is 5.44. The molecule has 1 aromatic heterocycles. The fourth-order valence-electron chi connectivity index (χ4n) is 3.72. The van der Waals surface area contributed by atoms with Gasteiger partial charge in [0.05, 0.1) is 6.54 Å². The second kappa shape index (κ2) is 9.69. The molecule has 156 valence electrons. The lowest BCUT2D eigenvalue weighted by Crippen LogP contribution is -2.36. The van der Waals surface area contributed by atoms with Crippen LogP contribution in [0, 0.1) is 0 Å². The summed E-state index contributed by atoms with van der Waals surface area (Å²) in [6.45, 7) is 3.93. The van der Waals surface area contributed by atoms with E-state index in [-0.39, 0.29) is 18.6 Å². The molecule has 4 rings (SSSR count). The van der Waals surface area contributed by atoms with Gasteiger partial charge < -0.3 is 14.8 Å². The molecule has 1 unspecified atom stereocenters. The third-order valence-electron chi connectivity index (χ3n) is 5.32. The standard InChI is InChI=1S/C20H28N6O3/c27-20(21-10-9-16-15-28-17-7-3-4-8-18(17)29-16)14-26-19(22-23-24-26)13-25-11-5-1-2-6-12-25/h3-4,7-8,16H,1-2,5-6,9-15H2,(H,21,27). The van der Waals surface area contributed by atoms with E-state index in [9.17, 15) is 4.79 Å². The third-order valence-corrected chi connectivity index (χ3v) is 5.32. The number of rotatable bonds is 7. The Morgan fingerprint density at radius 1 is 1.14 bits per heavy atom. The van der Waals surface area contributed by atoms with Crippen molar-refractivity contribution in [2.24, 2.45) is 0 Å². The summed E-state index contributed by atoms with van der Waals surface area (Å²) in [4.78, 5) is 14.7. The minimum Gasteiger partial charge on any atom is -0.486 e. The van der Waals surface area contributed by atoms with Crippen LogP contribution >= 0.6 is 0 Å². The fourth-order valence-corrected chi connectivity index (χ4v) is 3.72. The monoisotopic (exact) mass is 400 g/mol. The first-order valence-corrected chi connectivity index (χ1v) is 10.4. The zero-order valence-corrected chi connectivity index (χ0v) is 16.6. The van der Waals surface area contributed by atoms with E-state index < -0.39 is 0 Å². The fraction of sp³-hybridized carbons (Fsp3) is 0.600. The highest BCUT2D eigenvalue weighted by Crippen LogP contribution is 2.31. The highest BCUT2D eigenvalue weighted by molar-refractivity contribution is 5.75. The lowest BCUT2D eigenvalue weighted by molar-refractivity contribution is -0.122. The Bertz CT molecular complexity index is 803. The van der Waals surface area contributed by atoms with Crippen molar-refractivity contribution in [2.45, 2.75) is 51.3 Å². The Kier molecular flexibility index (Phi) is 6.56. The first-order chi connectivity index (χ1) is 14.3. The summed E-state index contributed by atoms with van der Waals surface area (Å²) in [7, 11) is 0. The van der Waals surface area contributed by atoms with Gasteiger partial charge in [0.1, 0.15) is 19.3 Å². The van der Waals surface area contributed by atoms with Crippen molar-refractivity contribution in [1.82, 2.24) is 30.4 Å². The summed E-state index contributed by atoms with van der Waals surface area (Å²) >= 11 is 0. The van der Waals surface area contributed by atoms with Gasteiger partial charge in [-0.05, 0) is 48.5 Å². The molecule has 29 heavy (non-hydrogen) atoms. The molecule has 9 heteroatoms. The van der Waals surface area contributed by atoms with E-state index in [0.717, 1.165) is 30.4 Å². The number of fused-ring (bicyclic) bond motifs is 1. The Morgan fingerprint density at radius 3 is 2.76 bits per heavy atom. The smallest absolute Gasteiger partial charge is 0.241 e. The molecule has 0 saturated carbocycles. The van der Waals surface area contributed by atoms with Crippen LogP contribution in [-0.2, 0) is 17.9 Å². The second-order valence-electron chi connectivity index (χ2n) is 7.58. The van der Waals surface area contributed by atoms with Gasteiger partial charge in [0.25, 0.3) is 0 Å². The number of amides is 1. The number of carbonyl (C=O) groups excluding carboxylic acids is 1. The molecule has 0 radical (unpaired) electrons. The van der Waals surface area contributed by atoms with Crippen molar-refractivity contribution in [1.29, 1.82) is 0 Å². The molecular formula is C20H28N6O3. The molecular weight excluding hydrogens is 372 g/mol. The van der Waals surface area contributed by atoms with Crippen LogP contribution in [0.2, 0.25) is 0 Å². The number of tetrazole rings is 1. The molecule has 1 saturated heterocycles. The van der Waals surface area contributed by atoms with Crippen LogP contribution in [0.1, 0.15) is 37.9 Å². The van der Waals surface area contributed by atoms with Gasteiger partial charge in [-0.1, -0.05) is 25.0 Å². The lowest BCUT2D eigenvalue weighted by Gasteiger charge is -2.26. The van der Waals surface area contributed by atoms with Gasteiger partial charge in [-0.15, -0.1) is 5.10 Å². The molecule has 0 bridgehead atoms. The normalized spacial score (nSPS) is 19.5. The van der Waals surface area contributed by atoms with Gasteiger partial charge in [0.15, 0.2) is 17.3 Å². The van der Waals surface area contributed by atoms with E-state index >= 15 is 0 Å². The number of likely N-dealkylation sites (tertiary alicyclic amines) is 1. The molecule has 9 nitrogen and oxygen atoms in total. The number of para-hydroxylation sites is 2. The summed E-state index contributed by atoms with van der Waals surface area (Å²) in [5.74, 6) is 2.15. The predicted octanol–water partition coefficient (Wildman–Crippen LogP) is 1.40.